The molecule has 0 spiro atoms. The van der Waals surface area contributed by atoms with Crippen LogP contribution in [0.4, 0.5) is 4.79 Å². The van der Waals surface area contributed by atoms with Crippen LogP contribution in [-0.4, -0.2) is 23.9 Å². The van der Waals surface area contributed by atoms with E-state index in [0.29, 0.717) is 6.42 Å². The van der Waals surface area contributed by atoms with Gasteiger partial charge in [0, 0.05) is 6.42 Å². The lowest BCUT2D eigenvalue weighted by Gasteiger charge is -2.21. The fourth-order valence-corrected chi connectivity index (χ4v) is 1.74. The molecule has 2 N–H and O–H groups in total. The Morgan fingerprint density at radius 3 is 2.74 bits per heavy atom. The molecule has 0 aliphatic carbocycles. The van der Waals surface area contributed by atoms with Crippen molar-refractivity contribution in [1.29, 1.82) is 0 Å². The highest BCUT2D eigenvalue weighted by molar-refractivity contribution is 6.01. The van der Waals surface area contributed by atoms with E-state index in [1.807, 2.05) is 30.3 Å². The number of alkyl carbamates (subject to hydrolysis) is 1. The summed E-state index contributed by atoms with van der Waals surface area (Å²) in [4.78, 5) is 33.9. The van der Waals surface area contributed by atoms with Crippen molar-refractivity contribution in [2.75, 3.05) is 0 Å². The summed E-state index contributed by atoms with van der Waals surface area (Å²) in [5.74, 6) is -0.811. The summed E-state index contributed by atoms with van der Waals surface area (Å²) in [6.45, 7) is 0.139. The standard InChI is InChI=1S/C13H14N2O4/c16-11-7-6-10(12(17)15-11)14-13(18)19-8-9-4-2-1-3-5-9/h1-5,10H,6-8H2,(H,14,18)(H,15,16,17)/t10-/m1/s1. The first-order chi connectivity index (χ1) is 9.15. The highest BCUT2D eigenvalue weighted by Crippen LogP contribution is 2.05. The second-order valence-corrected chi connectivity index (χ2v) is 4.21. The van der Waals surface area contributed by atoms with Crippen LogP contribution in [-0.2, 0) is 20.9 Å². The van der Waals surface area contributed by atoms with Gasteiger partial charge in [-0.2, -0.15) is 0 Å². The Balaban J connectivity index is 1.78. The first-order valence-electron chi connectivity index (χ1n) is 5.96. The van der Waals surface area contributed by atoms with Crippen LogP contribution in [0.5, 0.6) is 0 Å². The Bertz CT molecular complexity index is 487. The molecule has 1 atom stereocenters. The quantitative estimate of drug-likeness (QED) is 0.786. The smallest absolute Gasteiger partial charge is 0.408 e. The van der Waals surface area contributed by atoms with Gasteiger partial charge >= 0.3 is 6.09 Å². The molecule has 0 unspecified atom stereocenters. The lowest BCUT2D eigenvalue weighted by molar-refractivity contribution is -0.134. The number of rotatable bonds is 3. The van der Waals surface area contributed by atoms with Crippen LogP contribution in [0.3, 0.4) is 0 Å². The van der Waals surface area contributed by atoms with Gasteiger partial charge in [-0.05, 0) is 12.0 Å². The Hall–Kier alpha value is -2.37. The molecule has 1 fully saturated rings. The molecule has 6 nitrogen and oxygen atoms in total. The van der Waals surface area contributed by atoms with Crippen molar-refractivity contribution in [2.24, 2.45) is 0 Å². The minimum absolute atomic E-state index is 0.139. The van der Waals surface area contributed by atoms with Crippen LogP contribution in [0.2, 0.25) is 0 Å². The summed E-state index contributed by atoms with van der Waals surface area (Å²) in [5.41, 5.74) is 0.862. The maximum absolute atomic E-state index is 11.5. The zero-order chi connectivity index (χ0) is 13.7. The number of benzene rings is 1. The first kappa shape index (κ1) is 13.1. The molecule has 1 saturated heterocycles. The van der Waals surface area contributed by atoms with Gasteiger partial charge in [-0.3, -0.25) is 14.9 Å². The Morgan fingerprint density at radius 1 is 1.32 bits per heavy atom. The minimum Gasteiger partial charge on any atom is -0.445 e. The molecule has 1 aromatic rings. The Morgan fingerprint density at radius 2 is 2.05 bits per heavy atom. The highest BCUT2D eigenvalue weighted by Gasteiger charge is 2.28. The summed E-state index contributed by atoms with van der Waals surface area (Å²) >= 11 is 0. The van der Waals surface area contributed by atoms with E-state index in [2.05, 4.69) is 10.6 Å². The van der Waals surface area contributed by atoms with E-state index in [9.17, 15) is 14.4 Å². The number of carbonyl (C=O) groups excluding carboxylic acids is 3. The molecule has 1 heterocycles. The topological polar surface area (TPSA) is 84.5 Å². The van der Waals surface area contributed by atoms with Gasteiger partial charge in [0.15, 0.2) is 0 Å². The number of amides is 3. The van der Waals surface area contributed by atoms with Gasteiger partial charge in [0.25, 0.3) is 0 Å². The number of carbonyl (C=O) groups is 3. The summed E-state index contributed by atoms with van der Waals surface area (Å²) in [7, 11) is 0. The summed E-state index contributed by atoms with van der Waals surface area (Å²) in [6.07, 6.45) is -0.154. The molecule has 3 amide bonds. The van der Waals surface area contributed by atoms with Gasteiger partial charge in [0.2, 0.25) is 11.8 Å². The first-order valence-corrected chi connectivity index (χ1v) is 5.96. The van der Waals surface area contributed by atoms with Crippen LogP contribution in [0, 0.1) is 0 Å². The second kappa shape index (κ2) is 5.99. The third kappa shape index (κ3) is 3.80. The van der Waals surface area contributed by atoms with E-state index in [0.717, 1.165) is 5.56 Å². The van der Waals surface area contributed by atoms with Gasteiger partial charge in [-0.1, -0.05) is 30.3 Å². The van der Waals surface area contributed by atoms with Crippen LogP contribution < -0.4 is 10.6 Å². The van der Waals surface area contributed by atoms with Crippen LogP contribution >= 0.6 is 0 Å². The summed E-state index contributed by atoms with van der Waals surface area (Å²) in [6, 6.07) is 8.51. The van der Waals surface area contributed by atoms with Gasteiger partial charge in [-0.15, -0.1) is 0 Å². The molecule has 0 saturated carbocycles. The van der Waals surface area contributed by atoms with E-state index in [-0.39, 0.29) is 18.9 Å². The van der Waals surface area contributed by atoms with Crippen molar-refractivity contribution in [1.82, 2.24) is 10.6 Å². The maximum Gasteiger partial charge on any atom is 0.408 e. The third-order valence-electron chi connectivity index (χ3n) is 2.74. The highest BCUT2D eigenvalue weighted by atomic mass is 16.5. The lowest BCUT2D eigenvalue weighted by Crippen LogP contribution is -2.52. The largest absolute Gasteiger partial charge is 0.445 e. The number of hydrogen-bond donors (Lipinski definition) is 2. The lowest BCUT2D eigenvalue weighted by atomic mass is 10.1. The molecule has 2 rings (SSSR count). The zero-order valence-corrected chi connectivity index (χ0v) is 10.2. The predicted molar refractivity (Wildman–Crippen MR) is 65.9 cm³/mol. The molecule has 1 aliphatic heterocycles. The fraction of sp³-hybridized carbons (Fsp3) is 0.308. The van der Waals surface area contributed by atoms with Crippen LogP contribution in [0.15, 0.2) is 30.3 Å². The van der Waals surface area contributed by atoms with E-state index < -0.39 is 18.0 Å². The van der Waals surface area contributed by atoms with E-state index >= 15 is 0 Å². The van der Waals surface area contributed by atoms with Crippen molar-refractivity contribution in [3.05, 3.63) is 35.9 Å². The molecule has 0 aromatic heterocycles. The molecule has 1 aromatic carbocycles. The SMILES string of the molecule is O=C1CC[C@@H](NC(=O)OCc2ccccc2)C(=O)N1. The van der Waals surface area contributed by atoms with E-state index in [4.69, 9.17) is 4.74 Å². The van der Waals surface area contributed by atoms with Crippen molar-refractivity contribution < 1.29 is 19.1 Å². The average Bonchev–Trinajstić information content (AvgIpc) is 2.41. The van der Waals surface area contributed by atoms with Crippen molar-refractivity contribution >= 4 is 17.9 Å². The molecule has 1 aliphatic rings. The normalized spacial score (nSPS) is 18.6. The van der Waals surface area contributed by atoms with Crippen molar-refractivity contribution in [3.63, 3.8) is 0 Å². The molecule has 6 heteroatoms. The average molecular weight is 262 g/mol. The van der Waals surface area contributed by atoms with Gasteiger partial charge < -0.3 is 10.1 Å². The summed E-state index contributed by atoms with van der Waals surface area (Å²) in [5, 5.41) is 4.59. The zero-order valence-electron chi connectivity index (χ0n) is 10.2. The molecule has 100 valence electrons. The molecule has 0 bridgehead atoms. The molecular weight excluding hydrogens is 248 g/mol. The van der Waals surface area contributed by atoms with Crippen molar-refractivity contribution in [3.8, 4) is 0 Å². The number of hydrogen-bond acceptors (Lipinski definition) is 4. The predicted octanol–water partition coefficient (Wildman–Crippen LogP) is 0.718. The van der Waals surface area contributed by atoms with Gasteiger partial charge in [0.05, 0.1) is 0 Å². The number of nitrogens with one attached hydrogen (secondary N) is 2. The van der Waals surface area contributed by atoms with Crippen LogP contribution in [0.25, 0.3) is 0 Å². The maximum atomic E-state index is 11.5. The Kier molecular flexibility index (Phi) is 4.12. The number of ether oxygens (including phenoxy) is 1. The van der Waals surface area contributed by atoms with Gasteiger partial charge in [0.1, 0.15) is 12.6 Å². The van der Waals surface area contributed by atoms with Crippen molar-refractivity contribution in [2.45, 2.75) is 25.5 Å². The Labute approximate surface area is 110 Å². The number of imide groups is 1. The number of piperidine rings is 1. The van der Waals surface area contributed by atoms with E-state index in [1.165, 1.54) is 0 Å². The van der Waals surface area contributed by atoms with Gasteiger partial charge in [-0.25, -0.2) is 4.79 Å². The van der Waals surface area contributed by atoms with Crippen LogP contribution in [0.1, 0.15) is 18.4 Å². The molecule has 0 radical (unpaired) electrons. The molecule has 19 heavy (non-hydrogen) atoms. The molecular formula is C13H14N2O4. The third-order valence-corrected chi connectivity index (χ3v) is 2.74. The monoisotopic (exact) mass is 262 g/mol. The fourth-order valence-electron chi connectivity index (χ4n) is 1.74. The minimum atomic E-state index is -0.707. The summed E-state index contributed by atoms with van der Waals surface area (Å²) < 4.78 is 4.99. The van der Waals surface area contributed by atoms with E-state index in [1.54, 1.807) is 0 Å². The second-order valence-electron chi connectivity index (χ2n) is 4.21.